The van der Waals surface area contributed by atoms with Gasteiger partial charge in [0.15, 0.2) is 0 Å². The molecule has 0 aromatic carbocycles. The van der Waals surface area contributed by atoms with E-state index in [1.165, 1.54) is 0 Å². The summed E-state index contributed by atoms with van der Waals surface area (Å²) in [5.41, 5.74) is 0. The molecule has 0 unspecified atom stereocenters. The van der Waals surface area contributed by atoms with E-state index in [9.17, 15) is 0 Å². The standard InChI is InChI=1S/CH2O3.Mg.2H2O/c2-1(3)4;;;/h(H2,2,3,4);;2*1H2. The number of hydrogen-bond donors (Lipinski definition) is 2. The van der Waals surface area contributed by atoms with Crippen LogP contribution in [0.15, 0.2) is 0 Å². The molecule has 0 bridgehead atoms. The normalized spacial score (nSPS) is 3.43. The lowest BCUT2D eigenvalue weighted by molar-refractivity contribution is 0.137. The zero-order valence-corrected chi connectivity index (χ0v) is 4.92. The molecule has 0 aliphatic carbocycles. The second-order valence-corrected chi connectivity index (χ2v) is 0.283. The molecule has 0 aliphatic rings. The van der Waals surface area contributed by atoms with Gasteiger partial charge in [-0.3, -0.25) is 0 Å². The Morgan fingerprint density at radius 1 is 1.14 bits per heavy atom. The largest absolute Gasteiger partial charge is 0.503 e. The second kappa shape index (κ2) is 16.7. The molecule has 0 fully saturated rings. The summed E-state index contributed by atoms with van der Waals surface area (Å²) in [6.45, 7) is 0. The van der Waals surface area contributed by atoms with Gasteiger partial charge in [-0.15, -0.1) is 0 Å². The maximum atomic E-state index is 8.56. The first-order valence-electron chi connectivity index (χ1n) is 0.651. The van der Waals surface area contributed by atoms with Crippen molar-refractivity contribution in [3.05, 3.63) is 0 Å². The van der Waals surface area contributed by atoms with Gasteiger partial charge in [0.2, 0.25) is 0 Å². The van der Waals surface area contributed by atoms with Gasteiger partial charge < -0.3 is 21.2 Å². The van der Waals surface area contributed by atoms with E-state index < -0.39 is 6.16 Å². The van der Waals surface area contributed by atoms with Crippen LogP contribution in [-0.4, -0.2) is 50.4 Å². The zero-order chi connectivity index (χ0) is 3.58. The number of carbonyl (C=O) groups is 1. The highest BCUT2D eigenvalue weighted by molar-refractivity contribution is 5.75. The van der Waals surface area contributed by atoms with Crippen molar-refractivity contribution in [3.63, 3.8) is 0 Å². The molecule has 0 atom stereocenters. The summed E-state index contributed by atoms with van der Waals surface area (Å²) in [4.78, 5) is 8.56. The van der Waals surface area contributed by atoms with Crippen LogP contribution in [0.2, 0.25) is 0 Å². The minimum absolute atomic E-state index is 0. The molecule has 42 valence electrons. The first-order chi connectivity index (χ1) is 1.73. The van der Waals surface area contributed by atoms with Crippen LogP contribution in [-0.2, 0) is 0 Å². The Morgan fingerprint density at radius 3 is 1.14 bits per heavy atom. The van der Waals surface area contributed by atoms with Gasteiger partial charge in [0, 0.05) is 23.1 Å². The number of carboxylic acid groups (broad SMARTS) is 2. The van der Waals surface area contributed by atoms with E-state index >= 15 is 0 Å². The molecule has 0 spiro atoms. The fourth-order valence-electron chi connectivity index (χ4n) is 0. The Morgan fingerprint density at radius 2 is 1.14 bits per heavy atom. The molecular formula is CH6MgO5. The van der Waals surface area contributed by atoms with Gasteiger partial charge in [0.25, 0.3) is 0 Å². The van der Waals surface area contributed by atoms with Gasteiger partial charge in [-0.2, -0.15) is 0 Å². The van der Waals surface area contributed by atoms with E-state index in [1.807, 2.05) is 0 Å². The number of hydrogen-bond acceptors (Lipinski definition) is 1. The van der Waals surface area contributed by atoms with Crippen LogP contribution in [0.25, 0.3) is 0 Å². The molecule has 0 saturated carbocycles. The predicted octanol–water partition coefficient (Wildman–Crippen LogP) is -1.81. The van der Waals surface area contributed by atoms with Crippen LogP contribution in [0.1, 0.15) is 0 Å². The molecule has 7 heavy (non-hydrogen) atoms. The molecule has 0 saturated heterocycles. The van der Waals surface area contributed by atoms with E-state index in [-0.39, 0.29) is 34.0 Å². The van der Waals surface area contributed by atoms with Crippen molar-refractivity contribution in [3.8, 4) is 0 Å². The summed E-state index contributed by atoms with van der Waals surface area (Å²) in [6, 6.07) is 0. The molecule has 5 nitrogen and oxygen atoms in total. The molecule has 2 radical (unpaired) electrons. The van der Waals surface area contributed by atoms with Crippen LogP contribution in [0, 0.1) is 0 Å². The third-order valence-corrected chi connectivity index (χ3v) is 0. The zero-order valence-electron chi connectivity index (χ0n) is 3.51. The smallest absolute Gasteiger partial charge is 0.450 e. The quantitative estimate of drug-likeness (QED) is 0.368. The van der Waals surface area contributed by atoms with Crippen molar-refractivity contribution in [1.82, 2.24) is 0 Å². The molecule has 0 amide bonds. The van der Waals surface area contributed by atoms with Crippen molar-refractivity contribution >= 4 is 29.2 Å². The van der Waals surface area contributed by atoms with Gasteiger partial charge >= 0.3 is 6.16 Å². The maximum absolute atomic E-state index is 8.56. The molecule has 6 N–H and O–H groups in total. The average Bonchev–Trinajstić information content (AvgIpc) is 0.811. The lowest BCUT2D eigenvalue weighted by atomic mass is 11.5. The lowest BCUT2D eigenvalue weighted by Crippen LogP contribution is -1.81. The third kappa shape index (κ3) is 48700. The summed E-state index contributed by atoms with van der Waals surface area (Å²) >= 11 is 0. The van der Waals surface area contributed by atoms with Crippen molar-refractivity contribution in [2.45, 2.75) is 0 Å². The van der Waals surface area contributed by atoms with Crippen molar-refractivity contribution in [2.24, 2.45) is 0 Å². The molecule has 0 aliphatic heterocycles. The molecule has 0 heterocycles. The highest BCUT2D eigenvalue weighted by Crippen LogP contribution is 1.42. The number of rotatable bonds is 0. The second-order valence-electron chi connectivity index (χ2n) is 0.283. The summed E-state index contributed by atoms with van der Waals surface area (Å²) in [5.74, 6) is 0. The highest BCUT2D eigenvalue weighted by atomic mass is 24.3. The fourth-order valence-corrected chi connectivity index (χ4v) is 0. The predicted molar refractivity (Wildman–Crippen MR) is 23.6 cm³/mol. The van der Waals surface area contributed by atoms with Crippen LogP contribution in [0.4, 0.5) is 4.79 Å². The van der Waals surface area contributed by atoms with Gasteiger partial charge in [-0.05, 0) is 0 Å². The van der Waals surface area contributed by atoms with Crippen molar-refractivity contribution in [2.75, 3.05) is 0 Å². The minimum Gasteiger partial charge on any atom is -0.450 e. The fraction of sp³-hybridized carbons (Fsp3) is 0. The summed E-state index contributed by atoms with van der Waals surface area (Å²) in [6.07, 6.45) is -1.83. The van der Waals surface area contributed by atoms with E-state index in [1.54, 1.807) is 0 Å². The summed E-state index contributed by atoms with van der Waals surface area (Å²) in [5, 5.41) is 13.9. The Labute approximate surface area is 55.7 Å². The first kappa shape index (κ1) is 28.2. The van der Waals surface area contributed by atoms with Gasteiger partial charge in [-0.1, -0.05) is 0 Å². The van der Waals surface area contributed by atoms with E-state index in [0.29, 0.717) is 0 Å². The highest BCUT2D eigenvalue weighted by Gasteiger charge is 1.70. The maximum Gasteiger partial charge on any atom is 0.503 e. The van der Waals surface area contributed by atoms with Crippen LogP contribution in [0.3, 0.4) is 0 Å². The SMILES string of the molecule is O.O.O=C(O)O.[Mg]. The monoisotopic (exact) mass is 122 g/mol. The summed E-state index contributed by atoms with van der Waals surface area (Å²) < 4.78 is 0. The summed E-state index contributed by atoms with van der Waals surface area (Å²) in [7, 11) is 0. The van der Waals surface area contributed by atoms with Gasteiger partial charge in [0.1, 0.15) is 0 Å². The Bertz CT molecular complexity index is 31.1. The Hall–Kier alpha value is -0.0438. The molecule has 0 rings (SSSR count). The lowest BCUT2D eigenvalue weighted by Gasteiger charge is -1.60. The van der Waals surface area contributed by atoms with Crippen LogP contribution >= 0.6 is 0 Å². The third-order valence-electron chi connectivity index (χ3n) is 0. The van der Waals surface area contributed by atoms with Crippen LogP contribution < -0.4 is 0 Å². The first-order valence-corrected chi connectivity index (χ1v) is 0.651. The van der Waals surface area contributed by atoms with E-state index in [0.717, 1.165) is 0 Å². The van der Waals surface area contributed by atoms with Crippen LogP contribution in [0.5, 0.6) is 0 Å². The molecule has 0 aromatic rings. The molecule has 6 heteroatoms. The van der Waals surface area contributed by atoms with Crippen molar-refractivity contribution < 1.29 is 26.0 Å². The molecule has 0 aromatic heterocycles. The van der Waals surface area contributed by atoms with E-state index in [2.05, 4.69) is 0 Å². The van der Waals surface area contributed by atoms with Gasteiger partial charge in [0.05, 0.1) is 0 Å². The van der Waals surface area contributed by atoms with Crippen molar-refractivity contribution in [1.29, 1.82) is 0 Å². The average molecular weight is 122 g/mol. The minimum atomic E-state index is -1.83. The Kier molecular flexibility index (Phi) is 67.5. The van der Waals surface area contributed by atoms with E-state index in [4.69, 9.17) is 15.0 Å². The Balaban J connectivity index is -0.0000000150. The molecular weight excluding hydrogens is 116 g/mol. The van der Waals surface area contributed by atoms with Gasteiger partial charge in [-0.25, -0.2) is 4.79 Å². The topological polar surface area (TPSA) is 121 Å².